The molecule has 1 unspecified atom stereocenters. The summed E-state index contributed by atoms with van der Waals surface area (Å²) in [6.07, 6.45) is -0.610. The molecule has 0 aliphatic rings. The maximum atomic E-state index is 11.8. The molecule has 4 N–H and O–H groups in total. The molecule has 0 aliphatic carbocycles. The molecule has 1 aromatic heterocycles. The van der Waals surface area contributed by atoms with Crippen LogP contribution in [0.5, 0.6) is 0 Å². The summed E-state index contributed by atoms with van der Waals surface area (Å²) in [6, 6.07) is 1.26. The van der Waals surface area contributed by atoms with Gasteiger partial charge in [-0.25, -0.2) is 8.42 Å². The second kappa shape index (κ2) is 5.78. The summed E-state index contributed by atoms with van der Waals surface area (Å²) in [5, 5.41) is 8.80. The number of aliphatic carboxylic acids is 1. The van der Waals surface area contributed by atoms with Crippen molar-refractivity contribution in [3.8, 4) is 0 Å². The quantitative estimate of drug-likeness (QED) is 0.666. The zero-order valence-electron chi connectivity index (χ0n) is 8.79. The van der Waals surface area contributed by atoms with E-state index >= 15 is 0 Å². The Morgan fingerprint density at radius 2 is 2.11 bits per heavy atom. The summed E-state index contributed by atoms with van der Waals surface area (Å²) in [6.45, 7) is 0. The Morgan fingerprint density at radius 1 is 1.50 bits per heavy atom. The van der Waals surface area contributed by atoms with E-state index in [9.17, 15) is 18.0 Å². The molecule has 0 radical (unpaired) electrons. The van der Waals surface area contributed by atoms with Crippen molar-refractivity contribution in [2.45, 2.75) is 16.7 Å². The minimum absolute atomic E-state index is 0.0508. The van der Waals surface area contributed by atoms with Crippen LogP contribution >= 0.6 is 27.3 Å². The van der Waals surface area contributed by atoms with E-state index in [4.69, 9.17) is 10.8 Å². The Morgan fingerprint density at radius 3 is 2.50 bits per heavy atom. The summed E-state index contributed by atoms with van der Waals surface area (Å²) in [5.74, 6) is -2.37. The second-order valence-corrected chi connectivity index (χ2v) is 7.64. The van der Waals surface area contributed by atoms with Crippen molar-refractivity contribution in [3.63, 3.8) is 0 Å². The zero-order chi connectivity index (χ0) is 13.9. The number of carbonyl (C=O) groups is 2. The van der Waals surface area contributed by atoms with Gasteiger partial charge in [-0.2, -0.15) is 4.72 Å². The average molecular weight is 357 g/mol. The van der Waals surface area contributed by atoms with Crippen LogP contribution in [0, 0.1) is 0 Å². The minimum atomic E-state index is -3.98. The van der Waals surface area contributed by atoms with Crippen molar-refractivity contribution in [2.24, 2.45) is 5.73 Å². The third-order valence-electron chi connectivity index (χ3n) is 1.81. The summed E-state index contributed by atoms with van der Waals surface area (Å²) in [4.78, 5) is 21.5. The molecule has 100 valence electrons. The van der Waals surface area contributed by atoms with Crippen LogP contribution in [0.2, 0.25) is 0 Å². The van der Waals surface area contributed by atoms with E-state index in [-0.39, 0.29) is 4.21 Å². The third kappa shape index (κ3) is 4.05. The van der Waals surface area contributed by atoms with Gasteiger partial charge in [0.1, 0.15) is 10.3 Å². The molecule has 1 amide bonds. The predicted molar refractivity (Wildman–Crippen MR) is 67.6 cm³/mol. The first-order chi connectivity index (χ1) is 8.22. The lowest BCUT2D eigenvalue weighted by Crippen LogP contribution is -2.43. The van der Waals surface area contributed by atoms with Gasteiger partial charge in [0.25, 0.3) is 10.0 Å². The van der Waals surface area contributed by atoms with Gasteiger partial charge in [-0.05, 0) is 28.1 Å². The molecular weight excluding hydrogens is 348 g/mol. The van der Waals surface area contributed by atoms with Gasteiger partial charge >= 0.3 is 5.97 Å². The highest BCUT2D eigenvalue weighted by atomic mass is 79.9. The standard InChI is InChI=1S/C8H9BrN2O5S2/c9-5-1-2-7(17-5)18(15,16)11-4(8(13)14)3-6(10)12/h1-2,4,11H,3H2,(H2,10,12)(H,13,14). The van der Waals surface area contributed by atoms with Crippen LogP contribution in [-0.4, -0.2) is 31.4 Å². The third-order valence-corrected chi connectivity index (χ3v) is 5.40. The number of halogens is 1. The Balaban J connectivity index is 2.93. The summed E-state index contributed by atoms with van der Waals surface area (Å²) >= 11 is 4.02. The van der Waals surface area contributed by atoms with Crippen molar-refractivity contribution in [2.75, 3.05) is 0 Å². The first kappa shape index (κ1) is 15.1. The smallest absolute Gasteiger partial charge is 0.322 e. The molecule has 10 heteroatoms. The first-order valence-electron chi connectivity index (χ1n) is 4.51. The van der Waals surface area contributed by atoms with E-state index in [2.05, 4.69) is 15.9 Å². The fourth-order valence-electron chi connectivity index (χ4n) is 1.07. The molecular formula is C8H9BrN2O5S2. The molecule has 7 nitrogen and oxygen atoms in total. The topological polar surface area (TPSA) is 127 Å². The van der Waals surface area contributed by atoms with Crippen LogP contribution in [0.3, 0.4) is 0 Å². The van der Waals surface area contributed by atoms with E-state index < -0.39 is 34.4 Å². The van der Waals surface area contributed by atoms with Crippen molar-refractivity contribution in [1.29, 1.82) is 0 Å². The molecule has 0 bridgehead atoms. The molecule has 0 aromatic carbocycles. The van der Waals surface area contributed by atoms with Gasteiger partial charge < -0.3 is 10.8 Å². The maximum absolute atomic E-state index is 11.8. The molecule has 1 atom stereocenters. The molecule has 18 heavy (non-hydrogen) atoms. The Bertz CT molecular complexity index is 568. The lowest BCUT2D eigenvalue weighted by molar-refractivity contribution is -0.140. The van der Waals surface area contributed by atoms with Gasteiger partial charge in [-0.3, -0.25) is 9.59 Å². The number of carbonyl (C=O) groups excluding carboxylic acids is 1. The first-order valence-corrected chi connectivity index (χ1v) is 7.60. The summed E-state index contributed by atoms with van der Waals surface area (Å²) < 4.78 is 26.1. The van der Waals surface area contributed by atoms with Gasteiger partial charge in [0.05, 0.1) is 10.2 Å². The number of nitrogens with one attached hydrogen (secondary N) is 1. The Kier molecular flexibility index (Phi) is 4.85. The number of primary amides is 1. The number of carboxylic acids is 1. The Labute approximate surface area is 115 Å². The lowest BCUT2D eigenvalue weighted by Gasteiger charge is -2.11. The summed E-state index contributed by atoms with van der Waals surface area (Å²) in [7, 11) is -3.98. The number of thiophene rings is 1. The largest absolute Gasteiger partial charge is 0.480 e. The zero-order valence-corrected chi connectivity index (χ0v) is 12.0. The number of amides is 1. The van der Waals surface area contributed by atoms with Crippen LogP contribution in [0.1, 0.15) is 6.42 Å². The van der Waals surface area contributed by atoms with E-state index in [1.54, 1.807) is 0 Å². The molecule has 1 heterocycles. The maximum Gasteiger partial charge on any atom is 0.322 e. The van der Waals surface area contributed by atoms with Gasteiger partial charge in [-0.1, -0.05) is 0 Å². The van der Waals surface area contributed by atoms with Crippen LogP contribution in [-0.2, 0) is 19.6 Å². The Hall–Kier alpha value is -0.970. The van der Waals surface area contributed by atoms with E-state index in [1.807, 2.05) is 4.72 Å². The van der Waals surface area contributed by atoms with Crippen LogP contribution < -0.4 is 10.5 Å². The fourth-order valence-corrected chi connectivity index (χ4v) is 4.28. The molecule has 0 saturated heterocycles. The lowest BCUT2D eigenvalue weighted by atomic mass is 10.2. The van der Waals surface area contributed by atoms with E-state index in [0.717, 1.165) is 11.3 Å². The molecule has 1 rings (SSSR count). The highest BCUT2D eigenvalue weighted by Crippen LogP contribution is 2.26. The van der Waals surface area contributed by atoms with Gasteiger partial charge in [0.2, 0.25) is 5.91 Å². The SMILES string of the molecule is NC(=O)CC(NS(=O)(=O)c1ccc(Br)s1)C(=O)O. The molecule has 0 aliphatic heterocycles. The minimum Gasteiger partial charge on any atom is -0.480 e. The second-order valence-electron chi connectivity index (χ2n) is 3.24. The molecule has 0 spiro atoms. The number of rotatable bonds is 6. The highest BCUT2D eigenvalue weighted by Gasteiger charge is 2.27. The number of carboxylic acid groups (broad SMARTS) is 1. The van der Waals surface area contributed by atoms with Crippen molar-refractivity contribution in [1.82, 2.24) is 4.72 Å². The van der Waals surface area contributed by atoms with Crippen LogP contribution in [0.25, 0.3) is 0 Å². The molecule has 1 aromatic rings. The number of sulfonamides is 1. The van der Waals surface area contributed by atoms with E-state index in [0.29, 0.717) is 3.79 Å². The molecule has 0 saturated carbocycles. The van der Waals surface area contributed by atoms with E-state index in [1.165, 1.54) is 12.1 Å². The normalized spacial score (nSPS) is 13.2. The summed E-state index contributed by atoms with van der Waals surface area (Å²) in [5.41, 5.74) is 4.85. The van der Waals surface area contributed by atoms with Crippen LogP contribution in [0.4, 0.5) is 0 Å². The monoisotopic (exact) mass is 356 g/mol. The van der Waals surface area contributed by atoms with Crippen molar-refractivity contribution in [3.05, 3.63) is 15.9 Å². The molecule has 0 fully saturated rings. The number of hydrogen-bond donors (Lipinski definition) is 3. The van der Waals surface area contributed by atoms with Gasteiger partial charge in [0.15, 0.2) is 0 Å². The fraction of sp³-hybridized carbons (Fsp3) is 0.250. The van der Waals surface area contributed by atoms with Crippen molar-refractivity contribution >= 4 is 49.2 Å². The van der Waals surface area contributed by atoms with Gasteiger partial charge in [-0.15, -0.1) is 11.3 Å². The average Bonchev–Trinajstić information content (AvgIpc) is 2.63. The van der Waals surface area contributed by atoms with Gasteiger partial charge in [0, 0.05) is 0 Å². The van der Waals surface area contributed by atoms with Crippen molar-refractivity contribution < 1.29 is 23.1 Å². The predicted octanol–water partition coefficient (Wildman–Crippen LogP) is 0.117. The number of nitrogens with two attached hydrogens (primary N) is 1. The number of hydrogen-bond acceptors (Lipinski definition) is 5. The van der Waals surface area contributed by atoms with Crippen LogP contribution in [0.15, 0.2) is 20.1 Å². The highest BCUT2D eigenvalue weighted by molar-refractivity contribution is 9.11.